The van der Waals surface area contributed by atoms with Gasteiger partial charge in [0.15, 0.2) is 5.69 Å². The van der Waals surface area contributed by atoms with Crippen molar-refractivity contribution in [1.82, 2.24) is 20.0 Å². The average Bonchev–Trinajstić information content (AvgIpc) is 2.97. The van der Waals surface area contributed by atoms with Gasteiger partial charge in [0.05, 0.1) is 15.6 Å². The van der Waals surface area contributed by atoms with Gasteiger partial charge in [-0.3, -0.25) is 0 Å². The van der Waals surface area contributed by atoms with Gasteiger partial charge in [-0.15, -0.1) is 16.4 Å². The Bertz CT molecular complexity index is 635. The molecule has 1 N–H and O–H groups in total. The zero-order valence-electron chi connectivity index (χ0n) is 12.3. The maximum absolute atomic E-state index is 11.3. The van der Waals surface area contributed by atoms with E-state index in [2.05, 4.69) is 15.3 Å². The number of aryl methyl sites for hydroxylation is 3. The summed E-state index contributed by atoms with van der Waals surface area (Å²) < 4.78 is 6.92. The van der Waals surface area contributed by atoms with E-state index in [0.29, 0.717) is 25.5 Å². The van der Waals surface area contributed by atoms with Crippen LogP contribution in [0.25, 0.3) is 10.6 Å². The van der Waals surface area contributed by atoms with Crippen molar-refractivity contribution in [2.45, 2.75) is 33.7 Å². The molecule has 0 saturated carbocycles. The summed E-state index contributed by atoms with van der Waals surface area (Å²) in [5.74, 6) is -1.08. The molecule has 0 amide bonds. The normalized spacial score (nSPS) is 11.0. The number of nitrogens with zero attached hydrogens (tertiary/aromatic N) is 4. The lowest BCUT2D eigenvalue weighted by atomic mass is 10.2. The molecule has 0 aliphatic carbocycles. The van der Waals surface area contributed by atoms with Crippen molar-refractivity contribution in [1.29, 1.82) is 0 Å². The number of hydrogen-bond acceptors (Lipinski definition) is 6. The maximum Gasteiger partial charge on any atom is 0.358 e. The second-order valence-corrected chi connectivity index (χ2v) is 5.72. The quantitative estimate of drug-likeness (QED) is 0.788. The summed E-state index contributed by atoms with van der Waals surface area (Å²) in [6.45, 7) is 7.53. The number of aromatic nitrogens is 4. The number of ether oxygens (including phenoxy) is 1. The Labute approximate surface area is 126 Å². The average molecular weight is 310 g/mol. The summed E-state index contributed by atoms with van der Waals surface area (Å²) in [7, 11) is 0. The van der Waals surface area contributed by atoms with Crippen LogP contribution in [0.2, 0.25) is 0 Å². The summed E-state index contributed by atoms with van der Waals surface area (Å²) in [5.41, 5.74) is 1.30. The fourth-order valence-corrected chi connectivity index (χ4v) is 3.02. The molecule has 0 spiro atoms. The first-order valence-electron chi connectivity index (χ1n) is 6.73. The maximum atomic E-state index is 11.3. The Hall–Kier alpha value is -1.80. The smallest absolute Gasteiger partial charge is 0.358 e. The summed E-state index contributed by atoms with van der Waals surface area (Å²) in [5, 5.41) is 17.9. The van der Waals surface area contributed by atoms with Crippen molar-refractivity contribution in [2.75, 3.05) is 13.2 Å². The van der Waals surface area contributed by atoms with Crippen LogP contribution in [0, 0.1) is 13.8 Å². The molecule has 0 aliphatic heterocycles. The third-order valence-corrected chi connectivity index (χ3v) is 4.00. The first-order chi connectivity index (χ1) is 10.0. The molecule has 0 aromatic carbocycles. The van der Waals surface area contributed by atoms with Gasteiger partial charge in [-0.1, -0.05) is 5.21 Å². The molecule has 0 aliphatic rings. The number of thiazole rings is 1. The Morgan fingerprint density at radius 1 is 1.43 bits per heavy atom. The van der Waals surface area contributed by atoms with Crippen LogP contribution in [-0.2, 0) is 11.3 Å². The van der Waals surface area contributed by atoms with E-state index in [-0.39, 0.29) is 5.69 Å². The third-order valence-electron chi connectivity index (χ3n) is 2.92. The van der Waals surface area contributed by atoms with Crippen LogP contribution in [0.5, 0.6) is 0 Å². The predicted molar refractivity (Wildman–Crippen MR) is 78.7 cm³/mol. The topological polar surface area (TPSA) is 90.1 Å². The van der Waals surface area contributed by atoms with E-state index >= 15 is 0 Å². The molecule has 2 aromatic heterocycles. The van der Waals surface area contributed by atoms with Gasteiger partial charge in [0.1, 0.15) is 5.69 Å². The van der Waals surface area contributed by atoms with E-state index in [0.717, 1.165) is 22.0 Å². The van der Waals surface area contributed by atoms with E-state index in [1.54, 1.807) is 4.68 Å². The Balaban J connectivity index is 2.34. The number of rotatable bonds is 7. The Morgan fingerprint density at radius 2 is 2.19 bits per heavy atom. The minimum Gasteiger partial charge on any atom is -0.476 e. The monoisotopic (exact) mass is 310 g/mol. The van der Waals surface area contributed by atoms with Gasteiger partial charge >= 0.3 is 5.97 Å². The third kappa shape index (κ3) is 3.45. The van der Waals surface area contributed by atoms with E-state index in [1.165, 1.54) is 11.3 Å². The molecular weight excluding hydrogens is 292 g/mol. The van der Waals surface area contributed by atoms with Crippen LogP contribution < -0.4 is 0 Å². The van der Waals surface area contributed by atoms with Crippen molar-refractivity contribution in [3.8, 4) is 10.6 Å². The number of hydrogen-bond donors (Lipinski definition) is 1. The molecule has 21 heavy (non-hydrogen) atoms. The first-order valence-corrected chi connectivity index (χ1v) is 7.55. The van der Waals surface area contributed by atoms with Crippen LogP contribution in [0.3, 0.4) is 0 Å². The number of carboxylic acid groups (broad SMARTS) is 1. The lowest BCUT2D eigenvalue weighted by Crippen LogP contribution is -2.07. The molecule has 8 heteroatoms. The van der Waals surface area contributed by atoms with Crippen LogP contribution in [-0.4, -0.2) is 44.3 Å². The number of carbonyl (C=O) groups is 1. The second-order valence-electron chi connectivity index (χ2n) is 4.51. The van der Waals surface area contributed by atoms with E-state index in [1.807, 2.05) is 20.8 Å². The zero-order valence-corrected chi connectivity index (χ0v) is 13.1. The highest BCUT2D eigenvalue weighted by Crippen LogP contribution is 2.31. The first kappa shape index (κ1) is 15.6. The van der Waals surface area contributed by atoms with Gasteiger partial charge in [0.25, 0.3) is 0 Å². The van der Waals surface area contributed by atoms with Gasteiger partial charge in [-0.25, -0.2) is 14.5 Å². The zero-order chi connectivity index (χ0) is 15.4. The van der Waals surface area contributed by atoms with Crippen LogP contribution >= 0.6 is 11.3 Å². The molecular formula is C13H18N4O3S. The van der Waals surface area contributed by atoms with Gasteiger partial charge in [0.2, 0.25) is 0 Å². The van der Waals surface area contributed by atoms with Gasteiger partial charge in [-0.05, 0) is 27.2 Å². The number of carboxylic acids is 1. The molecule has 2 aromatic rings. The summed E-state index contributed by atoms with van der Waals surface area (Å²) >= 11 is 1.46. The summed E-state index contributed by atoms with van der Waals surface area (Å²) in [4.78, 5) is 16.5. The highest BCUT2D eigenvalue weighted by molar-refractivity contribution is 7.15. The lowest BCUT2D eigenvalue weighted by Gasteiger charge is -2.06. The molecule has 0 atom stereocenters. The molecule has 0 saturated heterocycles. The van der Waals surface area contributed by atoms with Crippen molar-refractivity contribution in [3.63, 3.8) is 0 Å². The molecule has 114 valence electrons. The Morgan fingerprint density at radius 3 is 2.76 bits per heavy atom. The molecule has 0 fully saturated rings. The van der Waals surface area contributed by atoms with E-state index in [9.17, 15) is 9.90 Å². The van der Waals surface area contributed by atoms with Crippen LogP contribution in [0.1, 0.15) is 34.5 Å². The fraction of sp³-hybridized carbons (Fsp3) is 0.538. The van der Waals surface area contributed by atoms with Crippen molar-refractivity contribution in [3.05, 3.63) is 16.4 Å². The molecule has 0 radical (unpaired) electrons. The van der Waals surface area contributed by atoms with Gasteiger partial charge in [-0.2, -0.15) is 0 Å². The van der Waals surface area contributed by atoms with Crippen molar-refractivity contribution < 1.29 is 14.6 Å². The largest absolute Gasteiger partial charge is 0.476 e. The van der Waals surface area contributed by atoms with Crippen LogP contribution in [0.15, 0.2) is 0 Å². The highest BCUT2D eigenvalue weighted by Gasteiger charge is 2.23. The fourth-order valence-electron chi connectivity index (χ4n) is 2.05. The van der Waals surface area contributed by atoms with Crippen molar-refractivity contribution >= 4 is 17.3 Å². The molecule has 2 rings (SSSR count). The predicted octanol–water partition coefficient (Wildman–Crippen LogP) is 2.14. The minimum atomic E-state index is -1.08. The molecule has 0 unspecified atom stereocenters. The van der Waals surface area contributed by atoms with Gasteiger partial charge in [0, 0.05) is 19.8 Å². The molecule has 2 heterocycles. The van der Waals surface area contributed by atoms with Gasteiger partial charge < -0.3 is 9.84 Å². The molecule has 7 nitrogen and oxygen atoms in total. The van der Waals surface area contributed by atoms with E-state index in [4.69, 9.17) is 4.74 Å². The summed E-state index contributed by atoms with van der Waals surface area (Å²) in [6, 6.07) is 0. The Kier molecular flexibility index (Phi) is 5.03. The molecule has 0 bridgehead atoms. The number of aromatic carboxylic acids is 1. The minimum absolute atomic E-state index is 0.0295. The van der Waals surface area contributed by atoms with Crippen LogP contribution in [0.4, 0.5) is 0 Å². The standard InChI is InChI=1S/C13H18N4O3S/c1-4-20-7-5-6-17-11(10(13(18)19)15-16-17)12-8(2)14-9(3)21-12/h4-7H2,1-3H3,(H,18,19). The highest BCUT2D eigenvalue weighted by atomic mass is 32.1. The van der Waals surface area contributed by atoms with E-state index < -0.39 is 5.97 Å². The SMILES string of the molecule is CCOCCCn1nnc(C(=O)O)c1-c1sc(C)nc1C. The van der Waals surface area contributed by atoms with Crippen molar-refractivity contribution in [2.24, 2.45) is 0 Å². The second kappa shape index (κ2) is 6.77. The lowest BCUT2D eigenvalue weighted by molar-refractivity contribution is 0.0691. The summed E-state index contributed by atoms with van der Waals surface area (Å²) in [6.07, 6.45) is 0.750.